The van der Waals surface area contributed by atoms with E-state index in [2.05, 4.69) is 10.3 Å². The van der Waals surface area contributed by atoms with Crippen molar-refractivity contribution in [1.29, 1.82) is 0 Å². The summed E-state index contributed by atoms with van der Waals surface area (Å²) in [6.45, 7) is 1.94. The van der Waals surface area contributed by atoms with Gasteiger partial charge in [-0.1, -0.05) is 0 Å². The van der Waals surface area contributed by atoms with Gasteiger partial charge in [0, 0.05) is 25.4 Å². The lowest BCUT2D eigenvalue weighted by Crippen LogP contribution is -2.32. The van der Waals surface area contributed by atoms with Gasteiger partial charge in [0.25, 0.3) is 0 Å². The maximum atomic E-state index is 11.9. The summed E-state index contributed by atoms with van der Waals surface area (Å²) >= 11 is 0. The minimum Gasteiger partial charge on any atom is -0.338 e. The molecule has 4 heteroatoms. The molecule has 0 spiro atoms. The predicted octanol–water partition coefficient (Wildman–Crippen LogP) is 0.531. The van der Waals surface area contributed by atoms with Gasteiger partial charge in [0.1, 0.15) is 11.6 Å². The van der Waals surface area contributed by atoms with Crippen LogP contribution in [0.5, 0.6) is 0 Å². The lowest BCUT2D eigenvalue weighted by molar-refractivity contribution is -0.123. The van der Waals surface area contributed by atoms with Crippen LogP contribution in [0.4, 0.5) is 0 Å². The minimum atomic E-state index is 0.239. The van der Waals surface area contributed by atoms with Crippen LogP contribution >= 0.6 is 0 Å². The van der Waals surface area contributed by atoms with Gasteiger partial charge in [-0.2, -0.15) is 0 Å². The van der Waals surface area contributed by atoms with Crippen LogP contribution < -0.4 is 5.32 Å². The lowest BCUT2D eigenvalue weighted by Gasteiger charge is -2.21. The highest BCUT2D eigenvalue weighted by atomic mass is 16.1. The zero-order valence-corrected chi connectivity index (χ0v) is 9.07. The molecule has 1 saturated heterocycles. The first-order valence-electron chi connectivity index (χ1n) is 5.47. The normalized spacial score (nSPS) is 17.9. The second-order valence-corrected chi connectivity index (χ2v) is 4.12. The van der Waals surface area contributed by atoms with Crippen molar-refractivity contribution in [2.45, 2.75) is 19.3 Å². The van der Waals surface area contributed by atoms with E-state index in [1.165, 1.54) is 0 Å². The Labute approximate surface area is 89.7 Å². The number of aryl methyl sites for hydroxylation is 1. The van der Waals surface area contributed by atoms with Crippen molar-refractivity contribution < 1.29 is 4.79 Å². The first-order valence-corrected chi connectivity index (χ1v) is 5.47. The average Bonchev–Trinajstić information content (AvgIpc) is 2.66. The third kappa shape index (κ3) is 2.45. The zero-order chi connectivity index (χ0) is 10.7. The topological polar surface area (TPSA) is 46.9 Å². The van der Waals surface area contributed by atoms with Gasteiger partial charge in [-0.15, -0.1) is 0 Å². The number of carbonyl (C=O) groups excluding carboxylic acids is 1. The predicted molar refractivity (Wildman–Crippen MR) is 57.5 cm³/mol. The molecular weight excluding hydrogens is 190 g/mol. The molecule has 2 heterocycles. The fourth-order valence-corrected chi connectivity index (χ4v) is 2.01. The molecule has 1 aliphatic rings. The van der Waals surface area contributed by atoms with Gasteiger partial charge in [-0.25, -0.2) is 4.98 Å². The number of aromatic nitrogens is 2. The van der Waals surface area contributed by atoms with Crippen molar-refractivity contribution in [3.05, 3.63) is 18.2 Å². The molecule has 0 saturated carbocycles. The third-order valence-corrected chi connectivity index (χ3v) is 3.05. The highest BCUT2D eigenvalue weighted by Crippen LogP contribution is 2.14. The molecule has 0 atom stereocenters. The summed E-state index contributed by atoms with van der Waals surface area (Å²) < 4.78 is 1.92. The molecule has 0 amide bonds. The molecule has 15 heavy (non-hydrogen) atoms. The molecule has 2 rings (SSSR count). The highest BCUT2D eigenvalue weighted by molar-refractivity contribution is 5.82. The Morgan fingerprint density at radius 2 is 2.33 bits per heavy atom. The third-order valence-electron chi connectivity index (χ3n) is 3.05. The van der Waals surface area contributed by atoms with E-state index < -0.39 is 0 Å². The molecule has 82 valence electrons. The van der Waals surface area contributed by atoms with E-state index in [0.717, 1.165) is 31.8 Å². The van der Waals surface area contributed by atoms with Crippen LogP contribution in [0.2, 0.25) is 0 Å². The number of Topliss-reactive ketones (excluding diaryl/α,β-unsaturated/α-hetero) is 1. The molecule has 0 unspecified atom stereocenters. The summed E-state index contributed by atoms with van der Waals surface area (Å²) in [6.07, 6.45) is 6.05. The summed E-state index contributed by atoms with van der Waals surface area (Å²) in [5.41, 5.74) is 0. The van der Waals surface area contributed by atoms with E-state index in [-0.39, 0.29) is 5.92 Å². The number of piperidine rings is 1. The molecule has 1 N–H and O–H groups in total. The van der Waals surface area contributed by atoms with E-state index in [1.54, 1.807) is 6.20 Å². The summed E-state index contributed by atoms with van der Waals surface area (Å²) in [7, 11) is 1.93. The first-order chi connectivity index (χ1) is 7.27. The first kappa shape index (κ1) is 10.4. The molecule has 0 bridgehead atoms. The summed E-state index contributed by atoms with van der Waals surface area (Å²) in [5, 5.41) is 3.27. The number of rotatable bonds is 3. The van der Waals surface area contributed by atoms with Crippen LogP contribution in [0.1, 0.15) is 18.7 Å². The number of ketones is 1. The van der Waals surface area contributed by atoms with Gasteiger partial charge in [0.2, 0.25) is 0 Å². The molecule has 0 aromatic carbocycles. The fourth-order valence-electron chi connectivity index (χ4n) is 2.01. The number of hydrogen-bond acceptors (Lipinski definition) is 3. The van der Waals surface area contributed by atoms with Gasteiger partial charge >= 0.3 is 0 Å². The summed E-state index contributed by atoms with van der Waals surface area (Å²) in [6, 6.07) is 0. The van der Waals surface area contributed by atoms with E-state index in [4.69, 9.17) is 0 Å². The van der Waals surface area contributed by atoms with Crippen molar-refractivity contribution >= 4 is 5.78 Å². The molecule has 1 aromatic rings. The van der Waals surface area contributed by atoms with Crippen molar-refractivity contribution in [3.8, 4) is 0 Å². The van der Waals surface area contributed by atoms with Crippen molar-refractivity contribution in [3.63, 3.8) is 0 Å². The van der Waals surface area contributed by atoms with Crippen molar-refractivity contribution in [1.82, 2.24) is 14.9 Å². The second kappa shape index (κ2) is 4.57. The number of carbonyl (C=O) groups is 1. The van der Waals surface area contributed by atoms with Crippen molar-refractivity contribution in [2.75, 3.05) is 13.1 Å². The van der Waals surface area contributed by atoms with Gasteiger partial charge in [-0.05, 0) is 25.9 Å². The maximum absolute atomic E-state index is 11.9. The largest absolute Gasteiger partial charge is 0.338 e. The number of imidazole rings is 1. The minimum absolute atomic E-state index is 0.239. The van der Waals surface area contributed by atoms with Gasteiger partial charge in [0.05, 0.1) is 6.42 Å². The highest BCUT2D eigenvalue weighted by Gasteiger charge is 2.21. The number of nitrogens with zero attached hydrogens (tertiary/aromatic N) is 2. The Kier molecular flexibility index (Phi) is 3.16. The van der Waals surface area contributed by atoms with Gasteiger partial charge in [-0.3, -0.25) is 4.79 Å². The number of nitrogens with one attached hydrogen (secondary N) is 1. The smallest absolute Gasteiger partial charge is 0.143 e. The molecule has 1 fully saturated rings. The molecule has 0 aliphatic carbocycles. The van der Waals surface area contributed by atoms with E-state index in [1.807, 2.05) is 17.8 Å². The Morgan fingerprint density at radius 3 is 2.93 bits per heavy atom. The van der Waals surface area contributed by atoms with Crippen LogP contribution in [0.3, 0.4) is 0 Å². The molecule has 1 aliphatic heterocycles. The van der Waals surface area contributed by atoms with E-state index in [0.29, 0.717) is 12.2 Å². The number of hydrogen-bond donors (Lipinski definition) is 1. The van der Waals surface area contributed by atoms with E-state index >= 15 is 0 Å². The van der Waals surface area contributed by atoms with Crippen LogP contribution in [0, 0.1) is 5.92 Å². The van der Waals surface area contributed by atoms with Crippen molar-refractivity contribution in [2.24, 2.45) is 13.0 Å². The zero-order valence-electron chi connectivity index (χ0n) is 9.07. The molecule has 4 nitrogen and oxygen atoms in total. The Bertz CT molecular complexity index is 339. The monoisotopic (exact) mass is 207 g/mol. The van der Waals surface area contributed by atoms with Crippen LogP contribution in [0.15, 0.2) is 12.4 Å². The molecular formula is C11H17N3O. The molecule has 1 aromatic heterocycles. The van der Waals surface area contributed by atoms with E-state index in [9.17, 15) is 4.79 Å². The summed E-state index contributed by atoms with van der Waals surface area (Å²) in [5.74, 6) is 1.45. The summed E-state index contributed by atoms with van der Waals surface area (Å²) in [4.78, 5) is 16.1. The second-order valence-electron chi connectivity index (χ2n) is 4.12. The Morgan fingerprint density at radius 1 is 1.60 bits per heavy atom. The SMILES string of the molecule is Cn1ccnc1CC(=O)C1CCNCC1. The average molecular weight is 207 g/mol. The molecule has 0 radical (unpaired) electrons. The Balaban J connectivity index is 1.94. The van der Waals surface area contributed by atoms with Crippen LogP contribution in [0.25, 0.3) is 0 Å². The van der Waals surface area contributed by atoms with Crippen LogP contribution in [-0.4, -0.2) is 28.4 Å². The van der Waals surface area contributed by atoms with Crippen LogP contribution in [-0.2, 0) is 18.3 Å². The fraction of sp³-hybridized carbons (Fsp3) is 0.636. The van der Waals surface area contributed by atoms with Gasteiger partial charge < -0.3 is 9.88 Å². The van der Waals surface area contributed by atoms with Gasteiger partial charge in [0.15, 0.2) is 0 Å². The maximum Gasteiger partial charge on any atom is 0.143 e. The Hall–Kier alpha value is -1.16. The standard InChI is InChI=1S/C11H17N3O/c1-14-7-6-13-11(14)8-10(15)9-2-4-12-5-3-9/h6-7,9,12H,2-5,8H2,1H3. The quantitative estimate of drug-likeness (QED) is 0.786. The lowest BCUT2D eigenvalue weighted by atomic mass is 9.92.